The van der Waals surface area contributed by atoms with Crippen LogP contribution in [0.5, 0.6) is 0 Å². The lowest BCUT2D eigenvalue weighted by molar-refractivity contribution is -0.141. The molecule has 0 radical (unpaired) electrons. The van der Waals surface area contributed by atoms with Crippen LogP contribution in [0.1, 0.15) is 91.4 Å². The highest BCUT2D eigenvalue weighted by molar-refractivity contribution is 5.69. The Balaban J connectivity index is 1.48. The molecule has 4 saturated carbocycles. The van der Waals surface area contributed by atoms with Crippen molar-refractivity contribution in [2.24, 2.45) is 46.3 Å². The summed E-state index contributed by atoms with van der Waals surface area (Å²) in [6, 6.07) is 0. The Bertz CT molecular complexity index is 588. The van der Waals surface area contributed by atoms with Crippen LogP contribution in [0.4, 0.5) is 0 Å². The van der Waals surface area contributed by atoms with E-state index in [1.165, 1.54) is 52.1 Å². The van der Waals surface area contributed by atoms with Gasteiger partial charge in [-0.3, -0.25) is 4.79 Å². The molecular formula is C25H42O3. The number of hydrogen-bond donors (Lipinski definition) is 1. The maximum absolute atomic E-state index is 11.6. The van der Waals surface area contributed by atoms with E-state index in [1.54, 1.807) is 0 Å². The summed E-state index contributed by atoms with van der Waals surface area (Å²) in [6.07, 6.45) is 13.1. The molecule has 1 N–H and O–H groups in total. The molecule has 0 bridgehead atoms. The Morgan fingerprint density at radius 3 is 2.50 bits per heavy atom. The van der Waals surface area contributed by atoms with E-state index in [9.17, 15) is 9.90 Å². The van der Waals surface area contributed by atoms with Crippen molar-refractivity contribution in [3.05, 3.63) is 0 Å². The second-order valence-corrected chi connectivity index (χ2v) is 11.4. The zero-order valence-electron chi connectivity index (χ0n) is 18.6. The fraction of sp³-hybridized carbons (Fsp3) is 0.960. The summed E-state index contributed by atoms with van der Waals surface area (Å²) >= 11 is 0. The quantitative estimate of drug-likeness (QED) is 0.636. The van der Waals surface area contributed by atoms with Gasteiger partial charge in [0, 0.05) is 6.42 Å². The van der Waals surface area contributed by atoms with Gasteiger partial charge in [0.1, 0.15) is 0 Å². The van der Waals surface area contributed by atoms with Gasteiger partial charge in [-0.2, -0.15) is 0 Å². The Morgan fingerprint density at radius 2 is 1.75 bits per heavy atom. The van der Waals surface area contributed by atoms with Crippen molar-refractivity contribution in [2.45, 2.75) is 97.5 Å². The monoisotopic (exact) mass is 390 g/mol. The molecule has 4 aliphatic carbocycles. The molecule has 28 heavy (non-hydrogen) atoms. The first-order valence-electron chi connectivity index (χ1n) is 12.0. The Kier molecular flexibility index (Phi) is 5.61. The highest BCUT2D eigenvalue weighted by Gasteiger charge is 2.60. The summed E-state index contributed by atoms with van der Waals surface area (Å²) in [5, 5.41) is 10.2. The van der Waals surface area contributed by atoms with Crippen molar-refractivity contribution in [1.82, 2.24) is 0 Å². The van der Waals surface area contributed by atoms with Gasteiger partial charge in [0.15, 0.2) is 0 Å². The molecule has 0 aromatic carbocycles. The molecule has 0 heterocycles. The zero-order valence-corrected chi connectivity index (χ0v) is 18.6. The largest absolute Gasteiger partial charge is 0.469 e. The van der Waals surface area contributed by atoms with Crippen LogP contribution in [0, 0.1) is 46.3 Å². The van der Waals surface area contributed by atoms with Crippen LogP contribution in [0.15, 0.2) is 0 Å². The molecule has 4 aliphatic rings. The predicted octanol–water partition coefficient (Wildman–Crippen LogP) is 5.60. The van der Waals surface area contributed by atoms with Crippen LogP contribution < -0.4 is 0 Å². The van der Waals surface area contributed by atoms with Crippen molar-refractivity contribution in [3.63, 3.8) is 0 Å². The molecule has 2 unspecified atom stereocenters. The molecule has 4 rings (SSSR count). The topological polar surface area (TPSA) is 46.5 Å². The van der Waals surface area contributed by atoms with Crippen LogP contribution in [-0.4, -0.2) is 24.3 Å². The number of ether oxygens (including phenoxy) is 1. The van der Waals surface area contributed by atoms with Crippen molar-refractivity contribution in [3.8, 4) is 0 Å². The summed E-state index contributed by atoms with van der Waals surface area (Å²) in [6.45, 7) is 7.56. The molecule has 4 fully saturated rings. The summed E-state index contributed by atoms with van der Waals surface area (Å²) in [5.41, 5.74) is 0.937. The fourth-order valence-corrected chi connectivity index (χ4v) is 8.86. The maximum Gasteiger partial charge on any atom is 0.305 e. The molecule has 0 spiro atoms. The smallest absolute Gasteiger partial charge is 0.305 e. The number of rotatable bonds is 4. The van der Waals surface area contributed by atoms with E-state index in [0.29, 0.717) is 23.2 Å². The van der Waals surface area contributed by atoms with E-state index in [0.717, 1.165) is 48.9 Å². The van der Waals surface area contributed by atoms with Crippen LogP contribution in [-0.2, 0) is 9.53 Å². The highest BCUT2D eigenvalue weighted by Crippen LogP contribution is 2.68. The predicted molar refractivity (Wildman–Crippen MR) is 112 cm³/mol. The van der Waals surface area contributed by atoms with Gasteiger partial charge in [-0.15, -0.1) is 0 Å². The second kappa shape index (κ2) is 7.60. The Hall–Kier alpha value is -0.570. The summed E-state index contributed by atoms with van der Waals surface area (Å²) in [7, 11) is 1.50. The molecular weight excluding hydrogens is 348 g/mol. The summed E-state index contributed by atoms with van der Waals surface area (Å²) in [4.78, 5) is 11.6. The minimum Gasteiger partial charge on any atom is -0.469 e. The standard InChI is InChI=1S/C25H42O3/c1-16(5-10-23(27)28-4)20-8-9-21-19-7-6-17-15-18(26)11-13-24(17,2)22(19)12-14-25(20,21)3/h16-22,26H,5-15H2,1-4H3/t16-,17?,18?,19+,20-,21+,22+,24+,25-/m1/s1. The van der Waals surface area contributed by atoms with E-state index >= 15 is 0 Å². The van der Waals surface area contributed by atoms with Crippen LogP contribution in [0.3, 0.4) is 0 Å². The Morgan fingerprint density at radius 1 is 1.04 bits per heavy atom. The first kappa shape index (κ1) is 20.7. The van der Waals surface area contributed by atoms with Gasteiger partial charge in [0.2, 0.25) is 0 Å². The van der Waals surface area contributed by atoms with Crippen molar-refractivity contribution in [2.75, 3.05) is 7.11 Å². The molecule has 0 amide bonds. The first-order chi connectivity index (χ1) is 13.3. The second-order valence-electron chi connectivity index (χ2n) is 11.4. The number of methoxy groups -OCH3 is 1. The molecule has 3 nitrogen and oxygen atoms in total. The van der Waals surface area contributed by atoms with E-state index < -0.39 is 0 Å². The molecule has 0 aromatic heterocycles. The number of fused-ring (bicyclic) bond motifs is 5. The maximum atomic E-state index is 11.6. The number of aliphatic hydroxyl groups is 1. The van der Waals surface area contributed by atoms with Gasteiger partial charge in [-0.25, -0.2) is 0 Å². The summed E-state index contributed by atoms with van der Waals surface area (Å²) < 4.78 is 4.88. The third-order valence-electron chi connectivity index (χ3n) is 10.4. The molecule has 0 saturated heterocycles. The van der Waals surface area contributed by atoms with Gasteiger partial charge in [-0.05, 0) is 111 Å². The van der Waals surface area contributed by atoms with Crippen LogP contribution >= 0.6 is 0 Å². The van der Waals surface area contributed by atoms with Gasteiger partial charge in [0.25, 0.3) is 0 Å². The number of esters is 1. The van der Waals surface area contributed by atoms with E-state index in [-0.39, 0.29) is 12.1 Å². The van der Waals surface area contributed by atoms with Crippen molar-refractivity contribution < 1.29 is 14.6 Å². The third-order valence-corrected chi connectivity index (χ3v) is 10.4. The normalized spacial score (nSPS) is 48.9. The van der Waals surface area contributed by atoms with Crippen molar-refractivity contribution >= 4 is 5.97 Å². The lowest BCUT2D eigenvalue weighted by Crippen LogP contribution is -2.54. The molecule has 160 valence electrons. The van der Waals surface area contributed by atoms with Crippen molar-refractivity contribution in [1.29, 1.82) is 0 Å². The van der Waals surface area contributed by atoms with Crippen LogP contribution in [0.2, 0.25) is 0 Å². The molecule has 9 atom stereocenters. The van der Waals surface area contributed by atoms with Gasteiger partial charge >= 0.3 is 5.97 Å². The number of hydrogen-bond acceptors (Lipinski definition) is 3. The van der Waals surface area contributed by atoms with Gasteiger partial charge < -0.3 is 9.84 Å². The van der Waals surface area contributed by atoms with Crippen LogP contribution in [0.25, 0.3) is 0 Å². The molecule has 3 heteroatoms. The first-order valence-corrected chi connectivity index (χ1v) is 12.0. The minimum absolute atomic E-state index is 0.0463. The molecule has 0 aromatic rings. The molecule has 0 aliphatic heterocycles. The zero-order chi connectivity index (χ0) is 20.1. The lowest BCUT2D eigenvalue weighted by atomic mass is 9.44. The average Bonchev–Trinajstić information content (AvgIpc) is 3.03. The van der Waals surface area contributed by atoms with Gasteiger partial charge in [-0.1, -0.05) is 20.8 Å². The third kappa shape index (κ3) is 3.24. The van der Waals surface area contributed by atoms with E-state index in [1.807, 2.05) is 0 Å². The number of aliphatic hydroxyl groups excluding tert-OH is 1. The summed E-state index contributed by atoms with van der Waals surface area (Å²) in [5.74, 6) is 4.72. The fourth-order valence-electron chi connectivity index (χ4n) is 8.86. The SMILES string of the molecule is COC(=O)CC[C@@H](C)[C@H]1CC[C@H]2[C@@H]3CCC4CC(O)CC[C@]4(C)[C@H]3CC[C@]12C. The minimum atomic E-state index is -0.0546. The highest BCUT2D eigenvalue weighted by atomic mass is 16.5. The van der Waals surface area contributed by atoms with E-state index in [4.69, 9.17) is 4.74 Å². The number of carbonyl (C=O) groups excluding carboxylic acids is 1. The average molecular weight is 391 g/mol. The Labute approximate surface area is 172 Å². The lowest BCUT2D eigenvalue weighted by Gasteiger charge is -2.61. The van der Waals surface area contributed by atoms with Gasteiger partial charge in [0.05, 0.1) is 13.2 Å². The number of carbonyl (C=O) groups is 1. The van der Waals surface area contributed by atoms with E-state index in [2.05, 4.69) is 20.8 Å².